The summed E-state index contributed by atoms with van der Waals surface area (Å²) in [4.78, 5) is 25.5. The first-order chi connectivity index (χ1) is 11.4. The molecule has 0 amide bonds. The van der Waals surface area contributed by atoms with Gasteiger partial charge in [-0.25, -0.2) is 4.39 Å². The summed E-state index contributed by atoms with van der Waals surface area (Å²) in [7, 11) is 0. The van der Waals surface area contributed by atoms with E-state index in [-0.39, 0.29) is 18.8 Å². The van der Waals surface area contributed by atoms with Crippen molar-refractivity contribution < 1.29 is 28.2 Å². The number of hydrogen-bond donors (Lipinski definition) is 0. The van der Waals surface area contributed by atoms with Gasteiger partial charge in [-0.15, -0.1) is 0 Å². The fourth-order valence-corrected chi connectivity index (χ4v) is 2.89. The summed E-state index contributed by atoms with van der Waals surface area (Å²) >= 11 is 0. The molecule has 24 heavy (non-hydrogen) atoms. The molecule has 0 aromatic heterocycles. The van der Waals surface area contributed by atoms with Crippen molar-refractivity contribution in [3.8, 4) is 0 Å². The molecule has 0 aliphatic carbocycles. The van der Waals surface area contributed by atoms with E-state index in [9.17, 15) is 14.0 Å². The van der Waals surface area contributed by atoms with Gasteiger partial charge in [-0.2, -0.15) is 0 Å². The second-order valence-electron chi connectivity index (χ2n) is 5.48. The van der Waals surface area contributed by atoms with Crippen LogP contribution in [0.3, 0.4) is 0 Å². The van der Waals surface area contributed by atoms with Crippen LogP contribution in [0.4, 0.5) is 4.39 Å². The number of hydrogen-bond acceptors (Lipinski definition) is 5. The molecular formula is C18H21FO5. The van der Waals surface area contributed by atoms with E-state index in [0.29, 0.717) is 5.56 Å². The smallest absolute Gasteiger partial charge is 0.330 e. The van der Waals surface area contributed by atoms with Gasteiger partial charge in [-0.1, -0.05) is 18.7 Å². The van der Waals surface area contributed by atoms with Gasteiger partial charge in [0, 0.05) is 0 Å². The number of esters is 2. The SMILES string of the molecule is C=C1C(C)OC(c2ccc(F)cc2)C1(C(=O)OCC)C(=O)OCC. The quantitative estimate of drug-likeness (QED) is 0.470. The van der Waals surface area contributed by atoms with Crippen molar-refractivity contribution in [2.75, 3.05) is 13.2 Å². The molecule has 1 fully saturated rings. The second-order valence-corrected chi connectivity index (χ2v) is 5.48. The Balaban J connectivity index is 2.60. The Labute approximate surface area is 140 Å². The highest BCUT2D eigenvalue weighted by Crippen LogP contribution is 2.52. The molecule has 0 spiro atoms. The average Bonchev–Trinajstić information content (AvgIpc) is 2.81. The number of ether oxygens (including phenoxy) is 3. The third-order valence-electron chi connectivity index (χ3n) is 4.10. The second kappa shape index (κ2) is 7.13. The predicted molar refractivity (Wildman–Crippen MR) is 84.5 cm³/mol. The first-order valence-electron chi connectivity index (χ1n) is 7.84. The highest BCUT2D eigenvalue weighted by atomic mass is 19.1. The molecule has 2 unspecified atom stereocenters. The van der Waals surface area contributed by atoms with Crippen LogP contribution in [0.15, 0.2) is 36.4 Å². The minimum atomic E-state index is -1.80. The summed E-state index contributed by atoms with van der Waals surface area (Å²) in [5.74, 6) is -1.97. The van der Waals surface area contributed by atoms with Crippen LogP contribution in [0.25, 0.3) is 0 Å². The zero-order valence-electron chi connectivity index (χ0n) is 14.0. The molecule has 2 rings (SSSR count). The molecule has 1 heterocycles. The number of carbonyl (C=O) groups excluding carboxylic acids is 2. The molecule has 1 saturated heterocycles. The Hall–Kier alpha value is -2.21. The maximum absolute atomic E-state index is 13.2. The van der Waals surface area contributed by atoms with Crippen molar-refractivity contribution >= 4 is 11.9 Å². The molecule has 2 atom stereocenters. The third kappa shape index (κ3) is 2.82. The summed E-state index contributed by atoms with van der Waals surface area (Å²) in [5, 5.41) is 0. The molecule has 0 N–H and O–H groups in total. The van der Waals surface area contributed by atoms with Crippen LogP contribution in [0.1, 0.15) is 32.4 Å². The van der Waals surface area contributed by atoms with Crippen molar-refractivity contribution in [3.63, 3.8) is 0 Å². The van der Waals surface area contributed by atoms with E-state index >= 15 is 0 Å². The van der Waals surface area contributed by atoms with Crippen molar-refractivity contribution in [2.24, 2.45) is 5.41 Å². The Bertz CT molecular complexity index is 619. The van der Waals surface area contributed by atoms with Crippen LogP contribution in [-0.2, 0) is 23.8 Å². The lowest BCUT2D eigenvalue weighted by Gasteiger charge is -2.30. The minimum Gasteiger partial charge on any atom is -0.465 e. The van der Waals surface area contributed by atoms with Crippen LogP contribution < -0.4 is 0 Å². The molecule has 6 heteroatoms. The van der Waals surface area contributed by atoms with E-state index in [0.717, 1.165) is 0 Å². The highest BCUT2D eigenvalue weighted by Gasteiger charge is 2.64. The Morgan fingerprint density at radius 1 is 1.17 bits per heavy atom. The van der Waals surface area contributed by atoms with Gasteiger partial charge in [0.25, 0.3) is 0 Å². The molecular weight excluding hydrogens is 315 g/mol. The van der Waals surface area contributed by atoms with Gasteiger partial charge in [0.1, 0.15) is 11.9 Å². The number of carbonyl (C=O) groups is 2. The lowest BCUT2D eigenvalue weighted by Crippen LogP contribution is -2.45. The van der Waals surface area contributed by atoms with E-state index in [1.54, 1.807) is 20.8 Å². The van der Waals surface area contributed by atoms with Gasteiger partial charge in [-0.05, 0) is 44.0 Å². The molecule has 130 valence electrons. The van der Waals surface area contributed by atoms with E-state index in [1.807, 2.05) is 0 Å². The molecule has 0 saturated carbocycles. The topological polar surface area (TPSA) is 61.8 Å². The molecule has 1 aliphatic heterocycles. The van der Waals surface area contributed by atoms with Crippen LogP contribution in [0.2, 0.25) is 0 Å². The third-order valence-corrected chi connectivity index (χ3v) is 4.10. The molecule has 0 radical (unpaired) electrons. The molecule has 1 aromatic rings. The predicted octanol–water partition coefficient (Wildman–Crippen LogP) is 2.95. The summed E-state index contributed by atoms with van der Waals surface area (Å²) in [6, 6.07) is 5.42. The summed E-state index contributed by atoms with van der Waals surface area (Å²) in [6.07, 6.45) is -1.55. The maximum atomic E-state index is 13.2. The Kier molecular flexibility index (Phi) is 5.39. The van der Waals surface area contributed by atoms with Gasteiger partial charge >= 0.3 is 11.9 Å². The number of rotatable bonds is 5. The van der Waals surface area contributed by atoms with E-state index < -0.39 is 35.4 Å². The molecule has 1 aromatic carbocycles. The Morgan fingerprint density at radius 3 is 2.12 bits per heavy atom. The number of benzene rings is 1. The first kappa shape index (κ1) is 18.1. The zero-order valence-corrected chi connectivity index (χ0v) is 14.0. The molecule has 5 nitrogen and oxygen atoms in total. The van der Waals surface area contributed by atoms with Crippen LogP contribution in [-0.4, -0.2) is 31.3 Å². The van der Waals surface area contributed by atoms with Gasteiger partial charge in [-0.3, -0.25) is 9.59 Å². The fraction of sp³-hybridized carbons (Fsp3) is 0.444. The van der Waals surface area contributed by atoms with Crippen LogP contribution >= 0.6 is 0 Å². The highest BCUT2D eigenvalue weighted by molar-refractivity contribution is 6.05. The fourth-order valence-electron chi connectivity index (χ4n) is 2.89. The lowest BCUT2D eigenvalue weighted by atomic mass is 9.74. The van der Waals surface area contributed by atoms with Crippen molar-refractivity contribution in [1.82, 2.24) is 0 Å². The van der Waals surface area contributed by atoms with Gasteiger partial charge in [0.15, 0.2) is 0 Å². The van der Waals surface area contributed by atoms with E-state index in [4.69, 9.17) is 14.2 Å². The zero-order chi connectivity index (χ0) is 17.9. The minimum absolute atomic E-state index is 0.0950. The normalized spacial score (nSPS) is 22.2. The summed E-state index contributed by atoms with van der Waals surface area (Å²) in [6.45, 7) is 9.06. The van der Waals surface area contributed by atoms with Crippen LogP contribution in [0.5, 0.6) is 0 Å². The largest absolute Gasteiger partial charge is 0.465 e. The molecule has 1 aliphatic rings. The molecule has 0 bridgehead atoms. The van der Waals surface area contributed by atoms with Crippen molar-refractivity contribution in [1.29, 1.82) is 0 Å². The Morgan fingerprint density at radius 2 is 1.67 bits per heavy atom. The monoisotopic (exact) mass is 336 g/mol. The summed E-state index contributed by atoms with van der Waals surface area (Å²) < 4.78 is 29.3. The van der Waals surface area contributed by atoms with Crippen molar-refractivity contribution in [3.05, 3.63) is 47.8 Å². The van der Waals surface area contributed by atoms with Gasteiger partial charge in [0.05, 0.1) is 19.3 Å². The van der Waals surface area contributed by atoms with E-state index in [2.05, 4.69) is 6.58 Å². The van der Waals surface area contributed by atoms with Crippen molar-refractivity contribution in [2.45, 2.75) is 33.0 Å². The van der Waals surface area contributed by atoms with Crippen LogP contribution in [0, 0.1) is 11.2 Å². The lowest BCUT2D eigenvalue weighted by molar-refractivity contribution is -0.174. The first-order valence-corrected chi connectivity index (χ1v) is 7.84. The van der Waals surface area contributed by atoms with E-state index in [1.165, 1.54) is 24.3 Å². The maximum Gasteiger partial charge on any atom is 0.330 e. The summed E-state index contributed by atoms with van der Waals surface area (Å²) in [5.41, 5.74) is -1.06. The average molecular weight is 336 g/mol. The standard InChI is InChI=1S/C18H21FO5/c1-5-22-16(20)18(17(21)23-6-2)11(3)12(4)24-15(18)13-7-9-14(19)10-8-13/h7-10,12,15H,3,5-6H2,1-2,4H3. The van der Waals surface area contributed by atoms with Gasteiger partial charge < -0.3 is 14.2 Å². The van der Waals surface area contributed by atoms with Gasteiger partial charge in [0.2, 0.25) is 5.41 Å². The number of halogens is 1.